The zero-order chi connectivity index (χ0) is 15.5. The van der Waals surface area contributed by atoms with Crippen LogP contribution in [-0.4, -0.2) is 10.2 Å². The van der Waals surface area contributed by atoms with Gasteiger partial charge in [-0.05, 0) is 36.4 Å². The Morgan fingerprint density at radius 2 is 1.91 bits per heavy atom. The lowest BCUT2D eigenvalue weighted by atomic mass is 10.2. The summed E-state index contributed by atoms with van der Waals surface area (Å²) in [6.07, 6.45) is 0. The van der Waals surface area contributed by atoms with Crippen LogP contribution in [0.25, 0.3) is 11.5 Å². The predicted molar refractivity (Wildman–Crippen MR) is 83.0 cm³/mol. The number of hydrogen-bond acceptors (Lipinski definition) is 7. The van der Waals surface area contributed by atoms with E-state index in [9.17, 15) is 0 Å². The van der Waals surface area contributed by atoms with Crippen molar-refractivity contribution in [3.63, 3.8) is 0 Å². The molecule has 0 unspecified atom stereocenters. The highest BCUT2D eigenvalue weighted by Crippen LogP contribution is 2.26. The molecule has 2 aromatic carbocycles. The third-order valence-electron chi connectivity index (χ3n) is 3.00. The number of nitriles is 1. The highest BCUT2D eigenvalue weighted by atomic mass is 16.4. The van der Waals surface area contributed by atoms with Gasteiger partial charge in [-0.25, -0.2) is 0 Å². The Bertz CT molecular complexity index is 864. The number of nitrogens with zero attached hydrogens (tertiary/aromatic N) is 3. The molecule has 7 heteroatoms. The van der Waals surface area contributed by atoms with Crippen molar-refractivity contribution in [1.29, 1.82) is 5.26 Å². The molecule has 3 aromatic rings. The molecular weight excluding hydrogens is 280 g/mol. The van der Waals surface area contributed by atoms with Crippen LogP contribution in [0.15, 0.2) is 46.9 Å². The fraction of sp³-hybridized carbons (Fsp3) is 0. The van der Waals surface area contributed by atoms with Gasteiger partial charge in [0.15, 0.2) is 0 Å². The van der Waals surface area contributed by atoms with Crippen molar-refractivity contribution in [2.75, 3.05) is 16.8 Å². The Labute approximate surface area is 126 Å². The fourth-order valence-corrected chi connectivity index (χ4v) is 1.89. The number of benzene rings is 2. The number of nitrogen functional groups attached to an aromatic ring is 2. The van der Waals surface area contributed by atoms with E-state index in [0.29, 0.717) is 34.1 Å². The third-order valence-corrected chi connectivity index (χ3v) is 3.00. The maximum Gasteiger partial charge on any atom is 0.320 e. The monoisotopic (exact) mass is 292 g/mol. The van der Waals surface area contributed by atoms with Crippen LogP contribution in [0.1, 0.15) is 5.56 Å². The van der Waals surface area contributed by atoms with Crippen LogP contribution in [0.4, 0.5) is 23.1 Å². The van der Waals surface area contributed by atoms with Crippen LogP contribution >= 0.6 is 0 Å². The summed E-state index contributed by atoms with van der Waals surface area (Å²) in [6, 6.07) is 14.3. The van der Waals surface area contributed by atoms with E-state index in [1.807, 2.05) is 0 Å². The summed E-state index contributed by atoms with van der Waals surface area (Å²) >= 11 is 0. The standard InChI is InChI=1S/C15H12N6O/c16-8-9-2-1-3-11(6-9)19-15-21-20-14(22-15)10-4-5-12(17)13(18)7-10/h1-7H,17-18H2,(H,19,21). The van der Waals surface area contributed by atoms with Crippen molar-refractivity contribution >= 4 is 23.1 Å². The Morgan fingerprint density at radius 1 is 1.05 bits per heavy atom. The van der Waals surface area contributed by atoms with E-state index in [1.165, 1.54) is 0 Å². The van der Waals surface area contributed by atoms with E-state index in [1.54, 1.807) is 42.5 Å². The molecule has 0 saturated carbocycles. The summed E-state index contributed by atoms with van der Waals surface area (Å²) in [5.41, 5.74) is 14.3. The molecule has 0 spiro atoms. The summed E-state index contributed by atoms with van der Waals surface area (Å²) in [5.74, 6) is 0.325. The Morgan fingerprint density at radius 3 is 2.68 bits per heavy atom. The number of aromatic nitrogens is 2. The second kappa shape index (κ2) is 5.46. The van der Waals surface area contributed by atoms with Gasteiger partial charge in [0, 0.05) is 11.3 Å². The molecule has 0 bridgehead atoms. The molecule has 0 radical (unpaired) electrons. The van der Waals surface area contributed by atoms with Crippen molar-refractivity contribution in [2.24, 2.45) is 0 Å². The van der Waals surface area contributed by atoms with Gasteiger partial charge in [0.05, 0.1) is 23.0 Å². The number of hydrogen-bond donors (Lipinski definition) is 3. The minimum Gasteiger partial charge on any atom is -0.403 e. The molecule has 7 nitrogen and oxygen atoms in total. The summed E-state index contributed by atoms with van der Waals surface area (Å²) in [7, 11) is 0. The molecule has 0 aliphatic heterocycles. The molecule has 0 fully saturated rings. The topological polar surface area (TPSA) is 127 Å². The van der Waals surface area contributed by atoms with E-state index in [4.69, 9.17) is 21.1 Å². The maximum absolute atomic E-state index is 8.88. The Balaban J connectivity index is 1.84. The second-order valence-electron chi connectivity index (χ2n) is 4.57. The molecule has 5 N–H and O–H groups in total. The maximum atomic E-state index is 8.88. The zero-order valence-electron chi connectivity index (χ0n) is 11.4. The van der Waals surface area contributed by atoms with Gasteiger partial charge in [-0.1, -0.05) is 11.2 Å². The first-order valence-corrected chi connectivity index (χ1v) is 6.42. The van der Waals surface area contributed by atoms with E-state index in [0.717, 1.165) is 0 Å². The molecule has 1 heterocycles. The second-order valence-corrected chi connectivity index (χ2v) is 4.57. The highest BCUT2D eigenvalue weighted by molar-refractivity contribution is 5.71. The lowest BCUT2D eigenvalue weighted by Crippen LogP contribution is -1.94. The van der Waals surface area contributed by atoms with Crippen LogP contribution in [0.5, 0.6) is 0 Å². The van der Waals surface area contributed by atoms with Crippen LogP contribution < -0.4 is 16.8 Å². The van der Waals surface area contributed by atoms with Crippen LogP contribution in [-0.2, 0) is 0 Å². The average Bonchev–Trinajstić information content (AvgIpc) is 2.98. The molecule has 108 valence electrons. The minimum atomic E-state index is 0.223. The summed E-state index contributed by atoms with van der Waals surface area (Å²) in [4.78, 5) is 0. The zero-order valence-corrected chi connectivity index (χ0v) is 11.4. The van der Waals surface area contributed by atoms with Gasteiger partial charge in [0.2, 0.25) is 5.89 Å². The van der Waals surface area contributed by atoms with Crippen molar-refractivity contribution in [3.05, 3.63) is 48.0 Å². The van der Waals surface area contributed by atoms with Gasteiger partial charge >= 0.3 is 6.01 Å². The number of nitrogens with one attached hydrogen (secondary N) is 1. The van der Waals surface area contributed by atoms with Gasteiger partial charge in [-0.2, -0.15) is 5.26 Å². The number of anilines is 4. The Kier molecular flexibility index (Phi) is 3.34. The molecule has 22 heavy (non-hydrogen) atoms. The fourth-order valence-electron chi connectivity index (χ4n) is 1.89. The van der Waals surface area contributed by atoms with Gasteiger partial charge in [-0.15, -0.1) is 5.10 Å². The smallest absolute Gasteiger partial charge is 0.320 e. The molecule has 3 rings (SSSR count). The van der Waals surface area contributed by atoms with E-state index >= 15 is 0 Å². The van der Waals surface area contributed by atoms with Crippen molar-refractivity contribution < 1.29 is 4.42 Å². The molecular formula is C15H12N6O. The largest absolute Gasteiger partial charge is 0.403 e. The molecule has 0 amide bonds. The van der Waals surface area contributed by atoms with Gasteiger partial charge in [0.25, 0.3) is 0 Å². The molecule has 0 atom stereocenters. The lowest BCUT2D eigenvalue weighted by molar-refractivity contribution is 0.587. The molecule has 0 aliphatic carbocycles. The highest BCUT2D eigenvalue weighted by Gasteiger charge is 2.10. The van der Waals surface area contributed by atoms with Gasteiger partial charge in [-0.3, -0.25) is 0 Å². The first kappa shape index (κ1) is 13.5. The van der Waals surface area contributed by atoms with Gasteiger partial charge < -0.3 is 21.2 Å². The van der Waals surface area contributed by atoms with Crippen LogP contribution in [0, 0.1) is 11.3 Å². The minimum absolute atomic E-state index is 0.223. The van der Waals surface area contributed by atoms with E-state index < -0.39 is 0 Å². The van der Waals surface area contributed by atoms with Crippen molar-refractivity contribution in [3.8, 4) is 17.5 Å². The Hall–Kier alpha value is -3.53. The SMILES string of the molecule is N#Cc1cccc(Nc2nnc(-c3ccc(N)c(N)c3)o2)c1. The summed E-state index contributed by atoms with van der Waals surface area (Å²) in [6.45, 7) is 0. The summed E-state index contributed by atoms with van der Waals surface area (Å²) in [5, 5.41) is 19.7. The van der Waals surface area contributed by atoms with E-state index in [-0.39, 0.29) is 6.01 Å². The van der Waals surface area contributed by atoms with E-state index in [2.05, 4.69) is 21.6 Å². The van der Waals surface area contributed by atoms with Crippen LogP contribution in [0.2, 0.25) is 0 Å². The predicted octanol–water partition coefficient (Wildman–Crippen LogP) is 2.52. The first-order chi connectivity index (χ1) is 10.7. The van der Waals surface area contributed by atoms with Crippen molar-refractivity contribution in [1.82, 2.24) is 10.2 Å². The summed E-state index contributed by atoms with van der Waals surface area (Å²) < 4.78 is 5.53. The lowest BCUT2D eigenvalue weighted by Gasteiger charge is -2.02. The molecule has 0 saturated heterocycles. The van der Waals surface area contributed by atoms with Gasteiger partial charge in [0.1, 0.15) is 0 Å². The van der Waals surface area contributed by atoms with Crippen molar-refractivity contribution in [2.45, 2.75) is 0 Å². The van der Waals surface area contributed by atoms with Crippen LogP contribution in [0.3, 0.4) is 0 Å². The first-order valence-electron chi connectivity index (χ1n) is 6.42. The quantitative estimate of drug-likeness (QED) is 0.633. The molecule has 1 aromatic heterocycles. The molecule has 0 aliphatic rings. The number of rotatable bonds is 3. The average molecular weight is 292 g/mol. The number of nitrogens with two attached hydrogens (primary N) is 2. The normalized spacial score (nSPS) is 10.1. The third kappa shape index (κ3) is 2.66.